The van der Waals surface area contributed by atoms with Crippen molar-refractivity contribution in [3.63, 3.8) is 0 Å². The van der Waals surface area contributed by atoms with Gasteiger partial charge < -0.3 is 20.5 Å². The van der Waals surface area contributed by atoms with E-state index >= 15 is 0 Å². The molecule has 0 aliphatic carbocycles. The summed E-state index contributed by atoms with van der Waals surface area (Å²) in [4.78, 5) is 21.5. The van der Waals surface area contributed by atoms with E-state index in [0.29, 0.717) is 0 Å². The van der Waals surface area contributed by atoms with Crippen LogP contribution in [0.15, 0.2) is 16.6 Å². The maximum Gasteiger partial charge on any atom is 0.329 e. The molecule has 0 bridgehead atoms. The molecule has 110 valence electrons. The molecule has 0 aliphatic rings. The third-order valence-corrected chi connectivity index (χ3v) is 2.46. The lowest BCUT2D eigenvalue weighted by molar-refractivity contribution is -0.142. The molecule has 0 fully saturated rings. The van der Waals surface area contributed by atoms with Gasteiger partial charge >= 0.3 is 12.0 Å². The Morgan fingerprint density at radius 3 is 2.45 bits per heavy atom. The number of carbonyl (C=O) groups excluding carboxylic acids is 1. The number of carboxylic acids is 1. The zero-order valence-electron chi connectivity index (χ0n) is 10.1. The van der Waals surface area contributed by atoms with Crippen molar-refractivity contribution in [2.24, 2.45) is 0 Å². The van der Waals surface area contributed by atoms with Gasteiger partial charge in [-0.05, 0) is 12.1 Å². The Morgan fingerprint density at radius 2 is 1.90 bits per heavy atom. The summed E-state index contributed by atoms with van der Waals surface area (Å²) >= 11 is 2.91. The molecule has 0 spiro atoms. The largest absolute Gasteiger partial charge is 0.480 e. The predicted octanol–water partition coefficient (Wildman–Crippen LogP) is 1.95. The van der Waals surface area contributed by atoms with Gasteiger partial charge in [0.05, 0.1) is 6.61 Å². The van der Waals surface area contributed by atoms with E-state index in [4.69, 9.17) is 5.11 Å². The summed E-state index contributed by atoms with van der Waals surface area (Å²) in [5, 5.41) is 12.6. The number of carboxylic acid groups (broad SMARTS) is 1. The Labute approximate surface area is 121 Å². The number of urea groups is 1. The van der Waals surface area contributed by atoms with Gasteiger partial charge in [0.2, 0.25) is 0 Å². The summed E-state index contributed by atoms with van der Waals surface area (Å²) in [7, 11) is 0. The number of carbonyl (C=O) groups is 2. The highest BCUT2D eigenvalue weighted by molar-refractivity contribution is 9.10. The van der Waals surface area contributed by atoms with E-state index in [2.05, 4.69) is 26.0 Å². The van der Waals surface area contributed by atoms with Crippen molar-refractivity contribution in [2.75, 3.05) is 25.1 Å². The van der Waals surface area contributed by atoms with Crippen molar-refractivity contribution in [2.45, 2.75) is 0 Å². The predicted molar refractivity (Wildman–Crippen MR) is 69.5 cm³/mol. The number of ether oxygens (including phenoxy) is 1. The summed E-state index contributed by atoms with van der Waals surface area (Å²) in [6, 6.07) is 1.19. The van der Waals surface area contributed by atoms with Crippen molar-refractivity contribution in [1.82, 2.24) is 5.32 Å². The zero-order chi connectivity index (χ0) is 15.1. The second-order valence-electron chi connectivity index (χ2n) is 3.57. The molecule has 0 heterocycles. The van der Waals surface area contributed by atoms with E-state index in [1.165, 1.54) is 0 Å². The minimum atomic E-state index is -1.13. The molecular formula is C11H11BrF2N2O4. The lowest BCUT2D eigenvalue weighted by atomic mass is 10.3. The minimum Gasteiger partial charge on any atom is -0.480 e. The fraction of sp³-hybridized carbons (Fsp3) is 0.273. The quantitative estimate of drug-likeness (QED) is 0.683. The van der Waals surface area contributed by atoms with E-state index in [1.54, 1.807) is 0 Å². The maximum absolute atomic E-state index is 13.4. The van der Waals surface area contributed by atoms with Crippen molar-refractivity contribution in [3.05, 3.63) is 28.2 Å². The first-order valence-corrected chi connectivity index (χ1v) is 6.18. The first kappa shape index (κ1) is 16.3. The third kappa shape index (κ3) is 5.49. The molecule has 0 unspecified atom stereocenters. The van der Waals surface area contributed by atoms with Gasteiger partial charge in [-0.3, -0.25) is 0 Å². The van der Waals surface area contributed by atoms with E-state index in [9.17, 15) is 18.4 Å². The molecule has 20 heavy (non-hydrogen) atoms. The number of rotatable bonds is 6. The van der Waals surface area contributed by atoms with Gasteiger partial charge in [-0.2, -0.15) is 0 Å². The van der Waals surface area contributed by atoms with Crippen LogP contribution >= 0.6 is 15.9 Å². The molecule has 0 saturated heterocycles. The molecular weight excluding hydrogens is 342 g/mol. The number of hydrogen-bond donors (Lipinski definition) is 3. The molecule has 0 aliphatic heterocycles. The molecule has 9 heteroatoms. The van der Waals surface area contributed by atoms with Crippen molar-refractivity contribution in [1.29, 1.82) is 0 Å². The highest BCUT2D eigenvalue weighted by atomic mass is 79.9. The second kappa shape index (κ2) is 7.75. The Balaban J connectivity index is 2.41. The normalized spacial score (nSPS) is 10.2. The van der Waals surface area contributed by atoms with Gasteiger partial charge in [-0.15, -0.1) is 0 Å². The molecule has 0 saturated carbocycles. The monoisotopic (exact) mass is 352 g/mol. The summed E-state index contributed by atoms with van der Waals surface area (Å²) in [5.41, 5.74) is -0.572. The van der Waals surface area contributed by atoms with Gasteiger partial charge in [0.1, 0.15) is 12.3 Å². The van der Waals surface area contributed by atoms with Crippen molar-refractivity contribution < 1.29 is 28.2 Å². The van der Waals surface area contributed by atoms with E-state index in [0.717, 1.165) is 12.1 Å². The molecule has 0 aromatic heterocycles. The lowest BCUT2D eigenvalue weighted by Crippen LogP contribution is -2.32. The molecule has 0 atom stereocenters. The third-order valence-electron chi connectivity index (χ3n) is 2.00. The number of anilines is 1. The molecule has 0 radical (unpaired) electrons. The first-order chi connectivity index (χ1) is 9.40. The number of halogens is 3. The zero-order valence-corrected chi connectivity index (χ0v) is 11.7. The average molecular weight is 353 g/mol. The van der Waals surface area contributed by atoms with Gasteiger partial charge in [-0.25, -0.2) is 18.4 Å². The SMILES string of the molecule is O=C(O)COCCNC(=O)Nc1c(F)cc(Br)cc1F. The van der Waals surface area contributed by atoms with Crippen LogP contribution in [-0.2, 0) is 9.53 Å². The Bertz CT molecular complexity index is 490. The van der Waals surface area contributed by atoms with Crippen molar-refractivity contribution >= 4 is 33.6 Å². The standard InChI is InChI=1S/C11H11BrF2N2O4/c12-6-3-7(13)10(8(14)4-6)16-11(19)15-1-2-20-5-9(17)18/h3-4H,1-2,5H2,(H,17,18)(H2,15,16,19). The summed E-state index contributed by atoms with van der Waals surface area (Å²) in [6.45, 7) is -0.525. The smallest absolute Gasteiger partial charge is 0.329 e. The summed E-state index contributed by atoms with van der Waals surface area (Å²) < 4.78 is 31.7. The summed E-state index contributed by atoms with van der Waals surface area (Å²) in [6.07, 6.45) is 0. The van der Waals surface area contributed by atoms with Crippen LogP contribution in [0, 0.1) is 11.6 Å². The first-order valence-electron chi connectivity index (χ1n) is 5.39. The molecule has 2 amide bonds. The highest BCUT2D eigenvalue weighted by Gasteiger charge is 2.13. The maximum atomic E-state index is 13.4. The van der Waals surface area contributed by atoms with Crippen LogP contribution in [0.4, 0.5) is 19.3 Å². The van der Waals surface area contributed by atoms with Crippen LogP contribution in [0.3, 0.4) is 0 Å². The van der Waals surface area contributed by atoms with Crippen LogP contribution < -0.4 is 10.6 Å². The molecule has 3 N–H and O–H groups in total. The Kier molecular flexibility index (Phi) is 6.32. The van der Waals surface area contributed by atoms with Crippen LogP contribution in [-0.4, -0.2) is 36.9 Å². The fourth-order valence-corrected chi connectivity index (χ4v) is 1.62. The highest BCUT2D eigenvalue weighted by Crippen LogP contribution is 2.23. The van der Waals surface area contributed by atoms with Gasteiger partial charge in [0, 0.05) is 11.0 Å². The van der Waals surface area contributed by atoms with Gasteiger partial charge in [-0.1, -0.05) is 15.9 Å². The Morgan fingerprint density at radius 1 is 1.30 bits per heavy atom. The second-order valence-corrected chi connectivity index (χ2v) is 4.49. The number of aliphatic carboxylic acids is 1. The minimum absolute atomic E-state index is 0.00111. The average Bonchev–Trinajstić information content (AvgIpc) is 2.33. The van der Waals surface area contributed by atoms with Gasteiger partial charge in [0.15, 0.2) is 11.6 Å². The van der Waals surface area contributed by atoms with Crippen molar-refractivity contribution in [3.8, 4) is 0 Å². The molecule has 1 aromatic carbocycles. The Hall–Kier alpha value is -1.74. The van der Waals surface area contributed by atoms with Crippen LogP contribution in [0.5, 0.6) is 0 Å². The fourth-order valence-electron chi connectivity index (χ4n) is 1.22. The summed E-state index contributed by atoms with van der Waals surface area (Å²) in [5.74, 6) is -2.98. The number of amides is 2. The van der Waals surface area contributed by atoms with Crippen LogP contribution in [0.25, 0.3) is 0 Å². The lowest BCUT2D eigenvalue weighted by Gasteiger charge is -2.09. The van der Waals surface area contributed by atoms with Gasteiger partial charge in [0.25, 0.3) is 0 Å². The molecule has 1 rings (SSSR count). The number of nitrogens with one attached hydrogen (secondary N) is 2. The van der Waals surface area contributed by atoms with Crippen LogP contribution in [0.2, 0.25) is 0 Å². The number of benzene rings is 1. The van der Waals surface area contributed by atoms with E-state index in [1.807, 2.05) is 5.32 Å². The molecule has 1 aromatic rings. The van der Waals surface area contributed by atoms with Crippen LogP contribution in [0.1, 0.15) is 0 Å². The van der Waals surface area contributed by atoms with E-state index < -0.39 is 35.9 Å². The number of hydrogen-bond acceptors (Lipinski definition) is 3. The van der Waals surface area contributed by atoms with E-state index in [-0.39, 0.29) is 17.6 Å². The molecule has 6 nitrogen and oxygen atoms in total. The topological polar surface area (TPSA) is 87.7 Å².